The van der Waals surface area contributed by atoms with Crippen LogP contribution < -0.4 is 4.74 Å². The Bertz CT molecular complexity index is 730. The van der Waals surface area contributed by atoms with E-state index in [0.29, 0.717) is 28.9 Å². The number of hydrogen-bond donors (Lipinski definition) is 0. The summed E-state index contributed by atoms with van der Waals surface area (Å²) in [7, 11) is 0. The van der Waals surface area contributed by atoms with E-state index < -0.39 is 0 Å². The summed E-state index contributed by atoms with van der Waals surface area (Å²) in [4.78, 5) is 14.5. The lowest BCUT2D eigenvalue weighted by Crippen LogP contribution is -2.39. The average Bonchev–Trinajstić information content (AvgIpc) is 3.14. The molecule has 0 saturated carbocycles. The Morgan fingerprint density at radius 2 is 1.96 bits per heavy atom. The zero-order chi connectivity index (χ0) is 18.4. The summed E-state index contributed by atoms with van der Waals surface area (Å²) >= 11 is 11.9. The fourth-order valence-corrected chi connectivity index (χ4v) is 3.20. The largest absolute Gasteiger partial charge is 0.484 e. The molecule has 1 aliphatic heterocycles. The molecular formula is C20H21Cl2NO3. The van der Waals surface area contributed by atoms with Crippen LogP contribution in [0.15, 0.2) is 48.5 Å². The first kappa shape index (κ1) is 19.0. The second kappa shape index (κ2) is 9.26. The van der Waals surface area contributed by atoms with Crippen molar-refractivity contribution in [1.29, 1.82) is 0 Å². The van der Waals surface area contributed by atoms with Crippen molar-refractivity contribution in [3.8, 4) is 5.75 Å². The van der Waals surface area contributed by atoms with E-state index in [-0.39, 0.29) is 18.6 Å². The molecule has 1 amide bonds. The highest BCUT2D eigenvalue weighted by molar-refractivity contribution is 6.30. The first-order valence-electron chi connectivity index (χ1n) is 8.62. The zero-order valence-electron chi connectivity index (χ0n) is 14.4. The van der Waals surface area contributed by atoms with Gasteiger partial charge >= 0.3 is 0 Å². The van der Waals surface area contributed by atoms with Gasteiger partial charge < -0.3 is 14.4 Å². The summed E-state index contributed by atoms with van der Waals surface area (Å²) in [6.07, 6.45) is 2.09. The standard InChI is InChI=1S/C20H21Cl2NO3/c21-16-8-6-15(7-9-16)12-23(13-19-5-2-10-25-19)20(24)14-26-18-4-1-3-17(22)11-18/h1,3-4,6-9,11,19H,2,5,10,12-14H2/t19-/m0/s1. The van der Waals surface area contributed by atoms with Gasteiger partial charge in [0.05, 0.1) is 6.10 Å². The Labute approximate surface area is 163 Å². The first-order chi connectivity index (χ1) is 12.6. The lowest BCUT2D eigenvalue weighted by Gasteiger charge is -2.25. The van der Waals surface area contributed by atoms with Gasteiger partial charge in [0.1, 0.15) is 5.75 Å². The summed E-state index contributed by atoms with van der Waals surface area (Å²) < 4.78 is 11.3. The highest BCUT2D eigenvalue weighted by atomic mass is 35.5. The van der Waals surface area contributed by atoms with Crippen LogP contribution in [-0.2, 0) is 16.1 Å². The first-order valence-corrected chi connectivity index (χ1v) is 9.38. The molecule has 2 aromatic carbocycles. The Hall–Kier alpha value is -1.75. The lowest BCUT2D eigenvalue weighted by atomic mass is 10.2. The quantitative estimate of drug-likeness (QED) is 0.690. The van der Waals surface area contributed by atoms with Gasteiger partial charge in [-0.1, -0.05) is 41.4 Å². The zero-order valence-corrected chi connectivity index (χ0v) is 15.9. The minimum absolute atomic E-state index is 0.0410. The molecule has 0 N–H and O–H groups in total. The van der Waals surface area contributed by atoms with Crippen LogP contribution in [0, 0.1) is 0 Å². The molecule has 1 heterocycles. The number of hydrogen-bond acceptors (Lipinski definition) is 3. The number of carbonyl (C=O) groups excluding carboxylic acids is 1. The molecule has 0 aliphatic carbocycles. The van der Waals surface area contributed by atoms with Gasteiger partial charge in [0.2, 0.25) is 0 Å². The van der Waals surface area contributed by atoms with Gasteiger partial charge in [-0.3, -0.25) is 4.79 Å². The maximum atomic E-state index is 12.7. The molecule has 0 aromatic heterocycles. The van der Waals surface area contributed by atoms with Crippen molar-refractivity contribution in [3.63, 3.8) is 0 Å². The third kappa shape index (κ3) is 5.63. The van der Waals surface area contributed by atoms with E-state index in [2.05, 4.69) is 0 Å². The van der Waals surface area contributed by atoms with Crippen molar-refractivity contribution in [1.82, 2.24) is 4.90 Å². The van der Waals surface area contributed by atoms with E-state index in [1.54, 1.807) is 29.2 Å². The minimum atomic E-state index is -0.0876. The van der Waals surface area contributed by atoms with Crippen molar-refractivity contribution in [2.75, 3.05) is 19.8 Å². The summed E-state index contributed by atoms with van der Waals surface area (Å²) in [5.74, 6) is 0.491. The molecule has 6 heteroatoms. The number of rotatable bonds is 7. The fourth-order valence-electron chi connectivity index (χ4n) is 2.89. The molecule has 1 atom stereocenters. The summed E-state index contributed by atoms with van der Waals surface area (Å²) in [5.41, 5.74) is 1.02. The molecular weight excluding hydrogens is 373 g/mol. The van der Waals surface area contributed by atoms with Crippen molar-refractivity contribution in [2.45, 2.75) is 25.5 Å². The van der Waals surface area contributed by atoms with Crippen LogP contribution in [0.4, 0.5) is 0 Å². The highest BCUT2D eigenvalue weighted by Gasteiger charge is 2.23. The van der Waals surface area contributed by atoms with Gasteiger partial charge in [0.15, 0.2) is 6.61 Å². The normalized spacial score (nSPS) is 16.5. The SMILES string of the molecule is O=C(COc1cccc(Cl)c1)N(Cc1ccc(Cl)cc1)C[C@@H]1CCCO1. The van der Waals surface area contributed by atoms with Crippen LogP contribution in [0.2, 0.25) is 10.0 Å². The molecule has 138 valence electrons. The maximum absolute atomic E-state index is 12.7. The van der Waals surface area contributed by atoms with Gasteiger partial charge in [-0.2, -0.15) is 0 Å². The van der Waals surface area contributed by atoms with Crippen molar-refractivity contribution in [3.05, 3.63) is 64.1 Å². The van der Waals surface area contributed by atoms with E-state index in [0.717, 1.165) is 25.0 Å². The van der Waals surface area contributed by atoms with Gasteiger partial charge in [-0.05, 0) is 48.7 Å². The van der Waals surface area contributed by atoms with E-state index in [1.807, 2.05) is 24.3 Å². The smallest absolute Gasteiger partial charge is 0.260 e. The predicted molar refractivity (Wildman–Crippen MR) is 103 cm³/mol. The number of halogens is 2. The third-order valence-corrected chi connectivity index (χ3v) is 4.73. The van der Waals surface area contributed by atoms with Gasteiger partial charge in [-0.15, -0.1) is 0 Å². The Balaban J connectivity index is 1.64. The molecule has 0 bridgehead atoms. The molecule has 4 nitrogen and oxygen atoms in total. The molecule has 3 rings (SSSR count). The molecule has 1 saturated heterocycles. The van der Waals surface area contributed by atoms with Crippen LogP contribution in [0.3, 0.4) is 0 Å². The average molecular weight is 394 g/mol. The van der Waals surface area contributed by atoms with E-state index in [9.17, 15) is 4.79 Å². The summed E-state index contributed by atoms with van der Waals surface area (Å²) in [6.45, 7) is 1.77. The molecule has 26 heavy (non-hydrogen) atoms. The second-order valence-corrected chi connectivity index (χ2v) is 7.15. The van der Waals surface area contributed by atoms with Crippen molar-refractivity contribution < 1.29 is 14.3 Å². The predicted octanol–water partition coefficient (Wildman–Crippen LogP) is 4.58. The van der Waals surface area contributed by atoms with Crippen LogP contribution in [0.25, 0.3) is 0 Å². The second-order valence-electron chi connectivity index (χ2n) is 6.28. The molecule has 0 radical (unpaired) electrons. The van der Waals surface area contributed by atoms with Crippen LogP contribution >= 0.6 is 23.2 Å². The summed E-state index contributed by atoms with van der Waals surface area (Å²) in [6, 6.07) is 14.5. The van der Waals surface area contributed by atoms with E-state index >= 15 is 0 Å². The van der Waals surface area contributed by atoms with Gasteiger partial charge in [-0.25, -0.2) is 0 Å². The monoisotopic (exact) mass is 393 g/mol. The fraction of sp³-hybridized carbons (Fsp3) is 0.350. The van der Waals surface area contributed by atoms with Crippen molar-refractivity contribution >= 4 is 29.1 Å². The Kier molecular flexibility index (Phi) is 6.78. The van der Waals surface area contributed by atoms with Gasteiger partial charge in [0, 0.05) is 29.7 Å². The molecule has 0 unspecified atom stereocenters. The Morgan fingerprint density at radius 3 is 2.65 bits per heavy atom. The number of ether oxygens (including phenoxy) is 2. The maximum Gasteiger partial charge on any atom is 0.260 e. The topological polar surface area (TPSA) is 38.8 Å². The molecule has 1 fully saturated rings. The lowest BCUT2D eigenvalue weighted by molar-refractivity contribution is -0.135. The van der Waals surface area contributed by atoms with E-state index in [1.165, 1.54) is 0 Å². The third-order valence-electron chi connectivity index (χ3n) is 4.25. The number of amides is 1. The van der Waals surface area contributed by atoms with Gasteiger partial charge in [0.25, 0.3) is 5.91 Å². The number of carbonyl (C=O) groups is 1. The Morgan fingerprint density at radius 1 is 1.15 bits per heavy atom. The molecule has 1 aliphatic rings. The highest BCUT2D eigenvalue weighted by Crippen LogP contribution is 2.19. The molecule has 0 spiro atoms. The van der Waals surface area contributed by atoms with Crippen LogP contribution in [-0.4, -0.2) is 36.7 Å². The van der Waals surface area contributed by atoms with Crippen molar-refractivity contribution in [2.24, 2.45) is 0 Å². The number of benzene rings is 2. The van der Waals surface area contributed by atoms with Crippen LogP contribution in [0.5, 0.6) is 5.75 Å². The van der Waals surface area contributed by atoms with E-state index in [4.69, 9.17) is 32.7 Å². The van der Waals surface area contributed by atoms with Crippen LogP contribution in [0.1, 0.15) is 18.4 Å². The molecule has 2 aromatic rings. The number of nitrogens with zero attached hydrogens (tertiary/aromatic N) is 1. The minimum Gasteiger partial charge on any atom is -0.484 e. The summed E-state index contributed by atoms with van der Waals surface area (Å²) in [5, 5.41) is 1.25.